The third-order valence-corrected chi connectivity index (χ3v) is 2.88. The Hall–Kier alpha value is -0.160. The summed E-state index contributed by atoms with van der Waals surface area (Å²) in [6.07, 6.45) is 1.03. The molecule has 1 aliphatic rings. The normalized spacial score (nSPS) is 27.6. The second-order valence-electron chi connectivity index (χ2n) is 5.49. The van der Waals surface area contributed by atoms with Crippen LogP contribution in [0.25, 0.3) is 0 Å². The van der Waals surface area contributed by atoms with Gasteiger partial charge in [-0.15, -0.1) is 0 Å². The fraction of sp³-hybridized carbons (Fsp3) is 1.00. The molecule has 4 heteroatoms. The maximum atomic E-state index is 9.71. The Labute approximate surface area is 92.4 Å². The molecular formula is C11H24N2O2. The van der Waals surface area contributed by atoms with Gasteiger partial charge in [0.2, 0.25) is 0 Å². The molecule has 0 radical (unpaired) electrons. The molecule has 1 heterocycles. The van der Waals surface area contributed by atoms with Crippen molar-refractivity contribution in [3.8, 4) is 0 Å². The number of hydrogen-bond donors (Lipinski definition) is 2. The number of nitrogens with two attached hydrogens (primary N) is 1. The first-order valence-electron chi connectivity index (χ1n) is 5.56. The topological polar surface area (TPSA) is 58.7 Å². The average Bonchev–Trinajstić information content (AvgIpc) is 2.50. The standard InChI is InChI=1S/C11H24N2O2/c1-10(2,14)7-13(3)8-11(6-12)4-5-15-9-11/h14H,4-9,12H2,1-3H3. The van der Waals surface area contributed by atoms with E-state index in [1.807, 2.05) is 20.9 Å². The zero-order chi connectivity index (χ0) is 11.5. The molecule has 1 atom stereocenters. The Kier molecular flexibility index (Phi) is 4.12. The quantitative estimate of drug-likeness (QED) is 0.682. The van der Waals surface area contributed by atoms with E-state index in [4.69, 9.17) is 10.5 Å². The van der Waals surface area contributed by atoms with Crippen molar-refractivity contribution < 1.29 is 9.84 Å². The van der Waals surface area contributed by atoms with Crippen LogP contribution in [-0.4, -0.2) is 55.5 Å². The van der Waals surface area contributed by atoms with Gasteiger partial charge in [0.15, 0.2) is 0 Å². The molecule has 0 spiro atoms. The van der Waals surface area contributed by atoms with Gasteiger partial charge < -0.3 is 20.5 Å². The summed E-state index contributed by atoms with van der Waals surface area (Å²) in [6, 6.07) is 0. The lowest BCUT2D eigenvalue weighted by Gasteiger charge is -2.33. The number of nitrogens with zero attached hydrogens (tertiary/aromatic N) is 1. The number of rotatable bonds is 5. The Morgan fingerprint density at radius 1 is 1.53 bits per heavy atom. The van der Waals surface area contributed by atoms with Crippen LogP contribution in [-0.2, 0) is 4.74 Å². The maximum absolute atomic E-state index is 9.71. The number of likely N-dealkylation sites (N-methyl/N-ethyl adjacent to an activating group) is 1. The van der Waals surface area contributed by atoms with Crippen LogP contribution in [0.4, 0.5) is 0 Å². The van der Waals surface area contributed by atoms with Crippen LogP contribution in [0.3, 0.4) is 0 Å². The van der Waals surface area contributed by atoms with Crippen LogP contribution in [0.15, 0.2) is 0 Å². The third-order valence-electron chi connectivity index (χ3n) is 2.88. The van der Waals surface area contributed by atoms with Gasteiger partial charge in [-0.05, 0) is 27.3 Å². The summed E-state index contributed by atoms with van der Waals surface area (Å²) in [5.41, 5.74) is 5.26. The lowest BCUT2D eigenvalue weighted by Crippen LogP contribution is -2.46. The third kappa shape index (κ3) is 4.07. The van der Waals surface area contributed by atoms with E-state index in [0.717, 1.165) is 26.2 Å². The van der Waals surface area contributed by atoms with E-state index in [1.165, 1.54) is 0 Å². The Bertz CT molecular complexity index is 195. The number of aliphatic hydroxyl groups is 1. The molecule has 0 amide bonds. The summed E-state index contributed by atoms with van der Waals surface area (Å²) in [4.78, 5) is 2.14. The molecule has 0 aromatic rings. The second-order valence-corrected chi connectivity index (χ2v) is 5.49. The summed E-state index contributed by atoms with van der Waals surface area (Å²) in [6.45, 7) is 7.42. The lowest BCUT2D eigenvalue weighted by molar-refractivity contribution is 0.0287. The predicted molar refractivity (Wildman–Crippen MR) is 60.7 cm³/mol. The molecule has 1 unspecified atom stereocenters. The molecule has 4 nitrogen and oxygen atoms in total. The van der Waals surface area contributed by atoms with E-state index in [1.54, 1.807) is 0 Å². The van der Waals surface area contributed by atoms with E-state index in [9.17, 15) is 5.11 Å². The van der Waals surface area contributed by atoms with E-state index in [-0.39, 0.29) is 5.41 Å². The van der Waals surface area contributed by atoms with E-state index < -0.39 is 5.60 Å². The van der Waals surface area contributed by atoms with Crippen LogP contribution >= 0.6 is 0 Å². The number of hydrogen-bond acceptors (Lipinski definition) is 4. The monoisotopic (exact) mass is 216 g/mol. The predicted octanol–water partition coefficient (Wildman–Crippen LogP) is 0.0545. The Balaban J connectivity index is 2.45. The molecule has 1 saturated heterocycles. The van der Waals surface area contributed by atoms with Crippen molar-refractivity contribution in [3.05, 3.63) is 0 Å². The Morgan fingerprint density at radius 2 is 2.20 bits per heavy atom. The summed E-state index contributed by atoms with van der Waals surface area (Å²) in [5.74, 6) is 0. The van der Waals surface area contributed by atoms with Gasteiger partial charge in [0.1, 0.15) is 0 Å². The first-order chi connectivity index (χ1) is 6.87. The first kappa shape index (κ1) is 12.9. The lowest BCUT2D eigenvalue weighted by atomic mass is 9.86. The fourth-order valence-corrected chi connectivity index (χ4v) is 2.29. The molecule has 0 aromatic carbocycles. The van der Waals surface area contributed by atoms with Crippen molar-refractivity contribution in [2.75, 3.05) is 39.9 Å². The molecule has 15 heavy (non-hydrogen) atoms. The summed E-state index contributed by atoms with van der Waals surface area (Å²) in [7, 11) is 2.02. The van der Waals surface area contributed by atoms with Crippen LogP contribution in [0.5, 0.6) is 0 Å². The van der Waals surface area contributed by atoms with E-state index >= 15 is 0 Å². The Morgan fingerprint density at radius 3 is 2.60 bits per heavy atom. The van der Waals surface area contributed by atoms with Gasteiger partial charge in [0, 0.05) is 31.7 Å². The van der Waals surface area contributed by atoms with Gasteiger partial charge in [-0.1, -0.05) is 0 Å². The van der Waals surface area contributed by atoms with Gasteiger partial charge in [0.25, 0.3) is 0 Å². The minimum absolute atomic E-state index is 0.0972. The highest BCUT2D eigenvalue weighted by Gasteiger charge is 2.35. The van der Waals surface area contributed by atoms with E-state index in [2.05, 4.69) is 4.90 Å². The van der Waals surface area contributed by atoms with Crippen LogP contribution in [0, 0.1) is 5.41 Å². The zero-order valence-electron chi connectivity index (χ0n) is 10.1. The smallest absolute Gasteiger partial charge is 0.0718 e. The minimum atomic E-state index is -0.649. The molecule has 1 rings (SSSR count). The largest absolute Gasteiger partial charge is 0.389 e. The first-order valence-corrected chi connectivity index (χ1v) is 5.56. The van der Waals surface area contributed by atoms with Gasteiger partial charge in [-0.25, -0.2) is 0 Å². The molecular weight excluding hydrogens is 192 g/mol. The summed E-state index contributed by atoms with van der Waals surface area (Å²) >= 11 is 0. The van der Waals surface area contributed by atoms with Crippen LogP contribution in [0.2, 0.25) is 0 Å². The van der Waals surface area contributed by atoms with Crippen molar-refractivity contribution in [2.45, 2.75) is 25.9 Å². The number of ether oxygens (including phenoxy) is 1. The molecule has 1 aliphatic heterocycles. The van der Waals surface area contributed by atoms with Crippen LogP contribution < -0.4 is 5.73 Å². The van der Waals surface area contributed by atoms with Gasteiger partial charge in [-0.2, -0.15) is 0 Å². The molecule has 0 aromatic heterocycles. The molecule has 0 bridgehead atoms. The maximum Gasteiger partial charge on any atom is 0.0718 e. The van der Waals surface area contributed by atoms with Crippen molar-refractivity contribution in [2.24, 2.45) is 11.1 Å². The van der Waals surface area contributed by atoms with Crippen molar-refractivity contribution in [1.82, 2.24) is 4.90 Å². The van der Waals surface area contributed by atoms with Crippen LogP contribution in [0.1, 0.15) is 20.3 Å². The molecule has 90 valence electrons. The minimum Gasteiger partial charge on any atom is -0.389 e. The SMILES string of the molecule is CN(CC(C)(C)O)CC1(CN)CCOC1. The molecule has 1 fully saturated rings. The zero-order valence-corrected chi connectivity index (χ0v) is 10.1. The van der Waals surface area contributed by atoms with Crippen molar-refractivity contribution in [3.63, 3.8) is 0 Å². The van der Waals surface area contributed by atoms with Crippen molar-refractivity contribution >= 4 is 0 Å². The molecule has 0 aliphatic carbocycles. The summed E-state index contributed by atoms with van der Waals surface area (Å²) in [5, 5.41) is 9.71. The van der Waals surface area contributed by atoms with Crippen molar-refractivity contribution in [1.29, 1.82) is 0 Å². The molecule has 0 saturated carbocycles. The highest BCUT2D eigenvalue weighted by Crippen LogP contribution is 2.28. The fourth-order valence-electron chi connectivity index (χ4n) is 2.29. The van der Waals surface area contributed by atoms with Gasteiger partial charge >= 0.3 is 0 Å². The molecule has 3 N–H and O–H groups in total. The second kappa shape index (κ2) is 4.78. The van der Waals surface area contributed by atoms with Gasteiger partial charge in [0.05, 0.1) is 12.2 Å². The highest BCUT2D eigenvalue weighted by atomic mass is 16.5. The average molecular weight is 216 g/mol. The van der Waals surface area contributed by atoms with Gasteiger partial charge in [-0.3, -0.25) is 0 Å². The van der Waals surface area contributed by atoms with E-state index in [0.29, 0.717) is 13.1 Å². The summed E-state index contributed by atoms with van der Waals surface area (Å²) < 4.78 is 5.41. The highest BCUT2D eigenvalue weighted by molar-refractivity contribution is 4.87.